The number of methoxy groups -OCH3 is 2. The molecule has 9 nitrogen and oxygen atoms in total. The zero-order valence-corrected chi connectivity index (χ0v) is 13.9. The molecule has 1 saturated carbocycles. The van der Waals surface area contributed by atoms with Gasteiger partial charge in [0.05, 0.1) is 30.7 Å². The van der Waals surface area contributed by atoms with Gasteiger partial charge < -0.3 is 14.8 Å². The maximum atomic E-state index is 12.5. The second-order valence-electron chi connectivity index (χ2n) is 5.84. The Morgan fingerprint density at radius 3 is 2.56 bits per heavy atom. The maximum absolute atomic E-state index is 12.5. The van der Waals surface area contributed by atoms with E-state index < -0.39 is 10.8 Å². The van der Waals surface area contributed by atoms with Gasteiger partial charge in [0, 0.05) is 25.0 Å². The summed E-state index contributed by atoms with van der Waals surface area (Å²) in [6.45, 7) is 0.346. The lowest BCUT2D eigenvalue weighted by Gasteiger charge is -2.17. The second-order valence-corrected chi connectivity index (χ2v) is 5.84. The van der Waals surface area contributed by atoms with Gasteiger partial charge in [-0.15, -0.1) is 0 Å². The molecule has 2 aromatic rings. The van der Waals surface area contributed by atoms with Crippen molar-refractivity contribution >= 4 is 11.6 Å². The van der Waals surface area contributed by atoms with E-state index in [0.29, 0.717) is 6.54 Å². The molecule has 1 amide bonds. The predicted octanol–water partition coefficient (Wildman–Crippen LogP) is 1.73. The first-order chi connectivity index (χ1) is 12.0. The number of nitrogens with one attached hydrogen (secondary N) is 1. The first-order valence-corrected chi connectivity index (χ1v) is 7.69. The van der Waals surface area contributed by atoms with Crippen LogP contribution < -0.4 is 14.8 Å². The van der Waals surface area contributed by atoms with E-state index in [4.69, 9.17) is 9.47 Å². The minimum Gasteiger partial charge on any atom is -0.493 e. The molecule has 9 heteroatoms. The van der Waals surface area contributed by atoms with Crippen LogP contribution in [0, 0.1) is 10.1 Å². The number of nitro groups is 1. The molecule has 1 aliphatic rings. The summed E-state index contributed by atoms with van der Waals surface area (Å²) in [5, 5.41) is 18.3. The SMILES string of the molecule is COc1cc(C(=O)NCC2(n3cccn3)CC2)c([N+](=O)[O-])cc1OC. The number of benzene rings is 1. The standard InChI is InChI=1S/C16H18N4O5/c1-24-13-8-11(12(20(22)23)9-14(13)25-2)15(21)17-10-16(4-5-16)19-7-3-6-18-19/h3,6-9H,4-5,10H2,1-2H3,(H,17,21). The average molecular weight is 346 g/mol. The molecule has 132 valence electrons. The summed E-state index contributed by atoms with van der Waals surface area (Å²) in [5.74, 6) is -0.0847. The van der Waals surface area contributed by atoms with Crippen LogP contribution in [0.25, 0.3) is 0 Å². The van der Waals surface area contributed by atoms with Crippen LogP contribution in [0.3, 0.4) is 0 Å². The highest BCUT2D eigenvalue weighted by Gasteiger charge is 2.45. The number of hydrogen-bond donors (Lipinski definition) is 1. The fourth-order valence-corrected chi connectivity index (χ4v) is 2.72. The van der Waals surface area contributed by atoms with Gasteiger partial charge in [0.2, 0.25) is 0 Å². The van der Waals surface area contributed by atoms with Gasteiger partial charge in [-0.2, -0.15) is 5.10 Å². The molecule has 0 unspecified atom stereocenters. The zero-order chi connectivity index (χ0) is 18.0. The third-order valence-electron chi connectivity index (χ3n) is 4.34. The summed E-state index contributed by atoms with van der Waals surface area (Å²) >= 11 is 0. The number of nitro benzene ring substituents is 1. The number of carbonyl (C=O) groups is 1. The highest BCUT2D eigenvalue weighted by molar-refractivity contribution is 5.99. The molecule has 1 aliphatic carbocycles. The second kappa shape index (κ2) is 6.42. The Hall–Kier alpha value is -3.10. The van der Waals surface area contributed by atoms with Crippen molar-refractivity contribution in [2.45, 2.75) is 18.4 Å². The van der Waals surface area contributed by atoms with E-state index in [9.17, 15) is 14.9 Å². The van der Waals surface area contributed by atoms with E-state index in [0.717, 1.165) is 12.8 Å². The van der Waals surface area contributed by atoms with Gasteiger partial charge in [-0.05, 0) is 18.9 Å². The summed E-state index contributed by atoms with van der Waals surface area (Å²) in [4.78, 5) is 23.2. The van der Waals surface area contributed by atoms with Crippen LogP contribution in [0.1, 0.15) is 23.2 Å². The monoisotopic (exact) mass is 346 g/mol. The summed E-state index contributed by atoms with van der Waals surface area (Å²) in [6, 6.07) is 4.33. The van der Waals surface area contributed by atoms with Crippen molar-refractivity contribution in [3.8, 4) is 11.5 Å². The van der Waals surface area contributed by atoms with Crippen LogP contribution in [0.5, 0.6) is 11.5 Å². The van der Waals surface area contributed by atoms with E-state index >= 15 is 0 Å². The molecule has 0 spiro atoms. The fourth-order valence-electron chi connectivity index (χ4n) is 2.72. The molecule has 3 rings (SSSR count). The van der Waals surface area contributed by atoms with Crippen molar-refractivity contribution in [3.05, 3.63) is 46.3 Å². The number of rotatable bonds is 7. The Labute approximate surface area is 143 Å². The molecule has 1 heterocycles. The summed E-state index contributed by atoms with van der Waals surface area (Å²) < 4.78 is 12.0. The van der Waals surface area contributed by atoms with Gasteiger partial charge in [0.25, 0.3) is 11.6 Å². The number of nitrogens with zero attached hydrogens (tertiary/aromatic N) is 3. The van der Waals surface area contributed by atoms with E-state index in [-0.39, 0.29) is 28.3 Å². The van der Waals surface area contributed by atoms with E-state index in [1.54, 1.807) is 6.20 Å². The first kappa shape index (κ1) is 16.7. The molecular formula is C16H18N4O5. The largest absolute Gasteiger partial charge is 0.493 e. The van der Waals surface area contributed by atoms with Gasteiger partial charge >= 0.3 is 0 Å². The summed E-state index contributed by atoms with van der Waals surface area (Å²) in [7, 11) is 2.78. The molecule has 25 heavy (non-hydrogen) atoms. The van der Waals surface area contributed by atoms with E-state index in [1.807, 2.05) is 16.9 Å². The Morgan fingerprint density at radius 1 is 1.36 bits per heavy atom. The fraction of sp³-hybridized carbons (Fsp3) is 0.375. The van der Waals surface area contributed by atoms with Crippen molar-refractivity contribution in [1.82, 2.24) is 15.1 Å². The van der Waals surface area contributed by atoms with Crippen LogP contribution in [0.2, 0.25) is 0 Å². The Balaban J connectivity index is 1.83. The molecule has 1 aromatic carbocycles. The third kappa shape index (κ3) is 3.12. The number of carbonyl (C=O) groups excluding carboxylic acids is 1. The Bertz CT molecular complexity index is 799. The zero-order valence-electron chi connectivity index (χ0n) is 13.9. The van der Waals surface area contributed by atoms with E-state index in [2.05, 4.69) is 10.4 Å². The van der Waals surface area contributed by atoms with Crippen LogP contribution in [-0.2, 0) is 5.54 Å². The highest BCUT2D eigenvalue weighted by Crippen LogP contribution is 2.42. The average Bonchev–Trinajstić information content (AvgIpc) is 3.20. The number of ether oxygens (including phenoxy) is 2. The topological polar surface area (TPSA) is 109 Å². The smallest absolute Gasteiger partial charge is 0.286 e. The summed E-state index contributed by atoms with van der Waals surface area (Å²) in [6.07, 6.45) is 5.31. The molecular weight excluding hydrogens is 328 g/mol. The van der Waals surface area contributed by atoms with Gasteiger partial charge in [-0.1, -0.05) is 0 Å². The Kier molecular flexibility index (Phi) is 4.30. The number of amides is 1. The molecule has 0 saturated heterocycles. The molecule has 0 atom stereocenters. The highest BCUT2D eigenvalue weighted by atomic mass is 16.6. The van der Waals surface area contributed by atoms with Gasteiger partial charge in [-0.25, -0.2) is 0 Å². The lowest BCUT2D eigenvalue weighted by molar-refractivity contribution is -0.385. The van der Waals surface area contributed by atoms with Crippen LogP contribution in [0.4, 0.5) is 5.69 Å². The Morgan fingerprint density at radius 2 is 2.04 bits per heavy atom. The summed E-state index contributed by atoms with van der Waals surface area (Å²) in [5.41, 5.74) is -0.650. The van der Waals surface area contributed by atoms with Gasteiger partial charge in [0.15, 0.2) is 11.5 Å². The van der Waals surface area contributed by atoms with Crippen molar-refractivity contribution < 1.29 is 19.2 Å². The van der Waals surface area contributed by atoms with Crippen molar-refractivity contribution in [3.63, 3.8) is 0 Å². The molecule has 0 radical (unpaired) electrons. The predicted molar refractivity (Wildman–Crippen MR) is 88.0 cm³/mol. The van der Waals surface area contributed by atoms with Crippen LogP contribution in [0.15, 0.2) is 30.6 Å². The third-order valence-corrected chi connectivity index (χ3v) is 4.34. The molecule has 0 aliphatic heterocycles. The lowest BCUT2D eigenvalue weighted by Crippen LogP contribution is -2.36. The number of hydrogen-bond acceptors (Lipinski definition) is 6. The number of aromatic nitrogens is 2. The van der Waals surface area contributed by atoms with Gasteiger partial charge in [0.1, 0.15) is 5.56 Å². The molecule has 1 aromatic heterocycles. The first-order valence-electron chi connectivity index (χ1n) is 7.69. The molecule has 0 bridgehead atoms. The van der Waals surface area contributed by atoms with Crippen LogP contribution >= 0.6 is 0 Å². The molecule has 1 fully saturated rings. The van der Waals surface area contributed by atoms with Gasteiger partial charge in [-0.3, -0.25) is 19.6 Å². The normalized spacial score (nSPS) is 14.6. The van der Waals surface area contributed by atoms with Crippen LogP contribution in [-0.4, -0.2) is 41.4 Å². The van der Waals surface area contributed by atoms with Crippen molar-refractivity contribution in [2.24, 2.45) is 0 Å². The van der Waals surface area contributed by atoms with E-state index in [1.165, 1.54) is 26.4 Å². The van der Waals surface area contributed by atoms with Crippen molar-refractivity contribution in [1.29, 1.82) is 0 Å². The quantitative estimate of drug-likeness (QED) is 0.604. The maximum Gasteiger partial charge on any atom is 0.286 e. The van der Waals surface area contributed by atoms with Crippen molar-refractivity contribution in [2.75, 3.05) is 20.8 Å². The molecule has 1 N–H and O–H groups in total. The minimum absolute atomic E-state index is 0.0704. The lowest BCUT2D eigenvalue weighted by atomic mass is 10.1. The minimum atomic E-state index is -0.614.